The molecule has 0 N–H and O–H groups in total. The van der Waals surface area contributed by atoms with E-state index in [1.54, 1.807) is 0 Å². The molecule has 0 saturated heterocycles. The summed E-state index contributed by atoms with van der Waals surface area (Å²) in [5, 5.41) is 0. The van der Waals surface area contributed by atoms with E-state index < -0.39 is 6.10 Å². The normalized spacial score (nSPS) is 11.9. The maximum Gasteiger partial charge on any atom is 0.347 e. The zero-order valence-electron chi connectivity index (χ0n) is 12.1. The van der Waals surface area contributed by atoms with Gasteiger partial charge in [0, 0.05) is 0 Å². The van der Waals surface area contributed by atoms with Gasteiger partial charge in [-0.15, -0.1) is 0 Å². The van der Waals surface area contributed by atoms with Gasteiger partial charge in [-0.2, -0.15) is 0 Å². The van der Waals surface area contributed by atoms with Crippen molar-refractivity contribution in [3.05, 3.63) is 29.8 Å². The standard InChI is InChI=1S/C16H24O3/c1-4-6-7-8-15(16(17)18-5-2)19-14-11-9-13(3)10-12-14/h9-12,15H,4-8H2,1-3H3/t15-/m0/s1. The first-order chi connectivity index (χ1) is 9.17. The summed E-state index contributed by atoms with van der Waals surface area (Å²) >= 11 is 0. The first-order valence-electron chi connectivity index (χ1n) is 7.07. The van der Waals surface area contributed by atoms with Crippen molar-refractivity contribution in [2.75, 3.05) is 6.61 Å². The van der Waals surface area contributed by atoms with Gasteiger partial charge in [0.05, 0.1) is 6.61 Å². The van der Waals surface area contributed by atoms with Gasteiger partial charge in [0.15, 0.2) is 6.10 Å². The third-order valence-corrected chi connectivity index (χ3v) is 2.92. The zero-order valence-corrected chi connectivity index (χ0v) is 12.1. The smallest absolute Gasteiger partial charge is 0.347 e. The van der Waals surface area contributed by atoms with Crippen LogP contribution in [0, 0.1) is 6.92 Å². The van der Waals surface area contributed by atoms with Gasteiger partial charge >= 0.3 is 5.97 Å². The van der Waals surface area contributed by atoms with Gasteiger partial charge in [-0.3, -0.25) is 0 Å². The number of rotatable bonds is 8. The molecule has 1 atom stereocenters. The summed E-state index contributed by atoms with van der Waals surface area (Å²) in [5.74, 6) is 0.458. The van der Waals surface area contributed by atoms with Crippen molar-refractivity contribution in [2.45, 2.75) is 52.6 Å². The first kappa shape index (κ1) is 15.5. The molecular weight excluding hydrogens is 240 g/mol. The molecule has 0 aromatic heterocycles. The van der Waals surface area contributed by atoms with Crippen LogP contribution in [0.1, 0.15) is 45.1 Å². The number of aryl methyl sites for hydroxylation is 1. The molecule has 0 bridgehead atoms. The Hall–Kier alpha value is -1.51. The lowest BCUT2D eigenvalue weighted by molar-refractivity contribution is -0.151. The van der Waals surface area contributed by atoms with Crippen LogP contribution in [-0.4, -0.2) is 18.7 Å². The van der Waals surface area contributed by atoms with Gasteiger partial charge in [0.25, 0.3) is 0 Å². The molecule has 0 heterocycles. The summed E-state index contributed by atoms with van der Waals surface area (Å²) in [7, 11) is 0. The Kier molecular flexibility index (Phi) is 7.01. The number of esters is 1. The van der Waals surface area contributed by atoms with Crippen molar-refractivity contribution in [1.29, 1.82) is 0 Å². The van der Waals surface area contributed by atoms with E-state index in [-0.39, 0.29) is 5.97 Å². The quantitative estimate of drug-likeness (QED) is 0.528. The van der Waals surface area contributed by atoms with E-state index in [2.05, 4.69) is 6.92 Å². The molecule has 0 aliphatic heterocycles. The lowest BCUT2D eigenvalue weighted by Gasteiger charge is -2.17. The summed E-state index contributed by atoms with van der Waals surface area (Å²) < 4.78 is 10.8. The molecule has 3 heteroatoms. The monoisotopic (exact) mass is 264 g/mol. The SMILES string of the molecule is CCCCC[C@H](Oc1ccc(C)cc1)C(=O)OCC. The van der Waals surface area contributed by atoms with Crippen LogP contribution in [0.15, 0.2) is 24.3 Å². The van der Waals surface area contributed by atoms with Gasteiger partial charge in [0.2, 0.25) is 0 Å². The third kappa shape index (κ3) is 5.77. The molecule has 106 valence electrons. The molecule has 0 fully saturated rings. The largest absolute Gasteiger partial charge is 0.479 e. The minimum atomic E-state index is -0.491. The highest BCUT2D eigenvalue weighted by Gasteiger charge is 2.21. The van der Waals surface area contributed by atoms with E-state index in [1.807, 2.05) is 38.1 Å². The number of hydrogen-bond acceptors (Lipinski definition) is 3. The Morgan fingerprint density at radius 3 is 2.42 bits per heavy atom. The van der Waals surface area contributed by atoms with Gasteiger partial charge < -0.3 is 9.47 Å². The average Bonchev–Trinajstić information content (AvgIpc) is 2.40. The number of benzene rings is 1. The van der Waals surface area contributed by atoms with Gasteiger partial charge in [-0.25, -0.2) is 4.79 Å². The molecule has 1 aromatic carbocycles. The van der Waals surface area contributed by atoms with E-state index >= 15 is 0 Å². The van der Waals surface area contributed by atoms with Crippen molar-refractivity contribution in [1.82, 2.24) is 0 Å². The predicted molar refractivity (Wildman–Crippen MR) is 76.4 cm³/mol. The third-order valence-electron chi connectivity index (χ3n) is 2.92. The molecule has 3 nitrogen and oxygen atoms in total. The summed E-state index contributed by atoms with van der Waals surface area (Å²) in [6.07, 6.45) is 3.42. The second kappa shape index (κ2) is 8.57. The van der Waals surface area contributed by atoms with Crippen LogP contribution in [0.25, 0.3) is 0 Å². The maximum absolute atomic E-state index is 11.9. The summed E-state index contributed by atoms with van der Waals surface area (Å²) in [6, 6.07) is 7.73. The Bertz CT molecular complexity index is 370. The van der Waals surface area contributed by atoms with Crippen molar-refractivity contribution in [2.24, 2.45) is 0 Å². The fourth-order valence-electron chi connectivity index (χ4n) is 1.82. The first-order valence-corrected chi connectivity index (χ1v) is 7.07. The molecular formula is C16H24O3. The van der Waals surface area contributed by atoms with E-state index in [0.29, 0.717) is 13.0 Å². The Morgan fingerprint density at radius 1 is 1.16 bits per heavy atom. The number of ether oxygens (including phenoxy) is 2. The van der Waals surface area contributed by atoms with Gasteiger partial charge in [-0.1, -0.05) is 37.5 Å². The lowest BCUT2D eigenvalue weighted by atomic mass is 10.1. The molecule has 0 amide bonds. The van der Waals surface area contributed by atoms with Gasteiger partial charge in [-0.05, 0) is 38.8 Å². The van der Waals surface area contributed by atoms with Gasteiger partial charge in [0.1, 0.15) is 5.75 Å². The Balaban J connectivity index is 2.61. The van der Waals surface area contributed by atoms with Crippen LogP contribution in [0.4, 0.5) is 0 Å². The van der Waals surface area contributed by atoms with E-state index in [0.717, 1.165) is 25.0 Å². The fourth-order valence-corrected chi connectivity index (χ4v) is 1.82. The topological polar surface area (TPSA) is 35.5 Å². The molecule has 0 aliphatic rings. The molecule has 0 spiro atoms. The van der Waals surface area contributed by atoms with Crippen molar-refractivity contribution in [3.63, 3.8) is 0 Å². The van der Waals surface area contributed by atoms with Crippen molar-refractivity contribution < 1.29 is 14.3 Å². The Labute approximate surface area is 115 Å². The zero-order chi connectivity index (χ0) is 14.1. The average molecular weight is 264 g/mol. The lowest BCUT2D eigenvalue weighted by Crippen LogP contribution is -2.29. The van der Waals surface area contributed by atoms with Crippen LogP contribution in [-0.2, 0) is 9.53 Å². The second-order valence-electron chi connectivity index (χ2n) is 4.67. The van der Waals surface area contributed by atoms with E-state index in [9.17, 15) is 4.79 Å². The molecule has 0 unspecified atom stereocenters. The highest BCUT2D eigenvalue weighted by molar-refractivity contribution is 5.75. The van der Waals surface area contributed by atoms with E-state index in [1.165, 1.54) is 5.56 Å². The molecule has 1 aromatic rings. The number of carbonyl (C=O) groups is 1. The van der Waals surface area contributed by atoms with Crippen molar-refractivity contribution in [3.8, 4) is 5.75 Å². The highest BCUT2D eigenvalue weighted by atomic mass is 16.6. The molecule has 19 heavy (non-hydrogen) atoms. The molecule has 0 saturated carbocycles. The van der Waals surface area contributed by atoms with Crippen LogP contribution < -0.4 is 4.74 Å². The van der Waals surface area contributed by atoms with Crippen LogP contribution in [0.2, 0.25) is 0 Å². The second-order valence-corrected chi connectivity index (χ2v) is 4.67. The number of hydrogen-bond donors (Lipinski definition) is 0. The highest BCUT2D eigenvalue weighted by Crippen LogP contribution is 2.17. The predicted octanol–water partition coefficient (Wildman–Crippen LogP) is 3.89. The van der Waals surface area contributed by atoms with Crippen LogP contribution >= 0.6 is 0 Å². The number of carbonyl (C=O) groups excluding carboxylic acids is 1. The van der Waals surface area contributed by atoms with Crippen molar-refractivity contribution >= 4 is 5.97 Å². The summed E-state index contributed by atoms with van der Waals surface area (Å²) in [4.78, 5) is 11.9. The Morgan fingerprint density at radius 2 is 1.84 bits per heavy atom. The molecule has 1 rings (SSSR count). The van der Waals surface area contributed by atoms with E-state index in [4.69, 9.17) is 9.47 Å². The number of unbranched alkanes of at least 4 members (excludes halogenated alkanes) is 2. The fraction of sp³-hybridized carbons (Fsp3) is 0.562. The molecule has 0 aliphatic carbocycles. The van der Waals surface area contributed by atoms with Crippen LogP contribution in [0.3, 0.4) is 0 Å². The molecule has 0 radical (unpaired) electrons. The maximum atomic E-state index is 11.9. The minimum Gasteiger partial charge on any atom is -0.479 e. The summed E-state index contributed by atoms with van der Waals surface area (Å²) in [5.41, 5.74) is 1.17. The van der Waals surface area contributed by atoms with Crippen LogP contribution in [0.5, 0.6) is 5.75 Å². The summed E-state index contributed by atoms with van der Waals surface area (Å²) in [6.45, 7) is 6.36. The minimum absolute atomic E-state index is 0.265.